The van der Waals surface area contributed by atoms with Crippen molar-refractivity contribution in [3.63, 3.8) is 0 Å². The second-order valence-electron chi connectivity index (χ2n) is 7.45. The average molecular weight is 299 g/mol. The molecule has 0 spiro atoms. The fraction of sp³-hybridized carbons (Fsp3) is 0.500. The van der Waals surface area contributed by atoms with E-state index in [2.05, 4.69) is 37.6 Å². The zero-order valence-electron chi connectivity index (χ0n) is 14.0. The molecule has 2 N–H and O–H groups in total. The Balaban J connectivity index is 1.91. The first-order valence-electron chi connectivity index (χ1n) is 7.88. The lowest BCUT2D eigenvalue weighted by atomic mass is 9.86. The quantitative estimate of drug-likeness (QED) is 0.882. The SMILES string of the molecule is CC1CC(C)(C)c2cccc(NC(=O)C3(C)C=CN(C)N3)c21. The number of carbonyl (C=O) groups is 1. The number of amides is 1. The van der Waals surface area contributed by atoms with Crippen molar-refractivity contribution in [1.29, 1.82) is 0 Å². The first-order chi connectivity index (χ1) is 10.2. The van der Waals surface area contributed by atoms with Gasteiger partial charge in [-0.3, -0.25) is 4.79 Å². The van der Waals surface area contributed by atoms with Crippen molar-refractivity contribution in [2.45, 2.75) is 51.0 Å². The molecule has 0 saturated carbocycles. The minimum atomic E-state index is -0.700. The van der Waals surface area contributed by atoms with Crippen LogP contribution in [0.2, 0.25) is 0 Å². The van der Waals surface area contributed by atoms with Gasteiger partial charge in [0, 0.05) is 18.9 Å². The van der Waals surface area contributed by atoms with Crippen LogP contribution in [0.4, 0.5) is 5.69 Å². The van der Waals surface area contributed by atoms with Crippen LogP contribution in [0.5, 0.6) is 0 Å². The van der Waals surface area contributed by atoms with Gasteiger partial charge in [0.15, 0.2) is 0 Å². The minimum absolute atomic E-state index is 0.0293. The van der Waals surface area contributed by atoms with E-state index in [1.54, 1.807) is 5.01 Å². The summed E-state index contributed by atoms with van der Waals surface area (Å²) in [5.41, 5.74) is 6.23. The molecule has 0 aromatic heterocycles. The van der Waals surface area contributed by atoms with Gasteiger partial charge in [0.1, 0.15) is 5.54 Å². The largest absolute Gasteiger partial charge is 0.324 e. The molecule has 1 aromatic rings. The van der Waals surface area contributed by atoms with E-state index in [9.17, 15) is 4.79 Å². The number of anilines is 1. The Labute approximate surface area is 132 Å². The lowest BCUT2D eigenvalue weighted by Gasteiger charge is -2.25. The smallest absolute Gasteiger partial charge is 0.250 e. The normalized spacial score (nSPS) is 28.8. The summed E-state index contributed by atoms with van der Waals surface area (Å²) in [4.78, 5) is 12.7. The summed E-state index contributed by atoms with van der Waals surface area (Å²) in [6.07, 6.45) is 4.88. The fourth-order valence-corrected chi connectivity index (χ4v) is 3.85. The fourth-order valence-electron chi connectivity index (χ4n) is 3.85. The van der Waals surface area contributed by atoms with Gasteiger partial charge >= 0.3 is 0 Å². The Morgan fingerprint density at radius 1 is 1.36 bits per heavy atom. The minimum Gasteiger partial charge on any atom is -0.324 e. The summed E-state index contributed by atoms with van der Waals surface area (Å²) >= 11 is 0. The van der Waals surface area contributed by atoms with Crippen LogP contribution in [0.15, 0.2) is 30.5 Å². The zero-order valence-corrected chi connectivity index (χ0v) is 14.0. The van der Waals surface area contributed by atoms with Gasteiger partial charge in [0.05, 0.1) is 0 Å². The summed E-state index contributed by atoms with van der Waals surface area (Å²) in [5.74, 6) is 0.433. The highest BCUT2D eigenvalue weighted by Gasteiger charge is 2.38. The predicted octanol–water partition coefficient (Wildman–Crippen LogP) is 3.13. The van der Waals surface area contributed by atoms with E-state index >= 15 is 0 Å². The molecule has 118 valence electrons. The van der Waals surface area contributed by atoms with Gasteiger partial charge in [-0.25, -0.2) is 5.43 Å². The number of rotatable bonds is 2. The summed E-state index contributed by atoms with van der Waals surface area (Å²) in [7, 11) is 1.89. The van der Waals surface area contributed by atoms with Crippen molar-refractivity contribution in [1.82, 2.24) is 10.4 Å². The van der Waals surface area contributed by atoms with E-state index < -0.39 is 5.54 Å². The predicted molar refractivity (Wildman–Crippen MR) is 89.6 cm³/mol. The molecule has 1 aliphatic heterocycles. The summed E-state index contributed by atoms with van der Waals surface area (Å²) in [6, 6.07) is 6.25. The molecule has 1 amide bonds. The van der Waals surface area contributed by atoms with Crippen LogP contribution in [0.25, 0.3) is 0 Å². The lowest BCUT2D eigenvalue weighted by Crippen LogP contribution is -2.51. The molecule has 2 atom stereocenters. The first-order valence-corrected chi connectivity index (χ1v) is 7.88. The maximum atomic E-state index is 12.7. The van der Waals surface area contributed by atoms with Gasteiger partial charge < -0.3 is 10.3 Å². The van der Waals surface area contributed by atoms with E-state index in [0.29, 0.717) is 5.92 Å². The highest BCUT2D eigenvalue weighted by molar-refractivity contribution is 6.00. The molecule has 1 heterocycles. The van der Waals surface area contributed by atoms with Gasteiger partial charge in [0.2, 0.25) is 5.91 Å². The second kappa shape index (κ2) is 4.85. The number of hydrazine groups is 1. The Hall–Kier alpha value is -1.81. The molecule has 1 aromatic carbocycles. The first kappa shape index (κ1) is 15.1. The summed E-state index contributed by atoms with van der Waals surface area (Å²) in [6.45, 7) is 8.68. The van der Waals surface area contributed by atoms with Crippen molar-refractivity contribution in [2.75, 3.05) is 12.4 Å². The van der Waals surface area contributed by atoms with Crippen LogP contribution in [0.1, 0.15) is 51.2 Å². The Morgan fingerprint density at radius 2 is 2.09 bits per heavy atom. The molecule has 0 fully saturated rings. The van der Waals surface area contributed by atoms with E-state index in [-0.39, 0.29) is 11.3 Å². The van der Waals surface area contributed by atoms with Gasteiger partial charge in [0.25, 0.3) is 0 Å². The third-order valence-corrected chi connectivity index (χ3v) is 4.90. The van der Waals surface area contributed by atoms with Crippen molar-refractivity contribution in [3.8, 4) is 0 Å². The molecule has 3 rings (SSSR count). The molecule has 0 bridgehead atoms. The number of hydrogen-bond acceptors (Lipinski definition) is 3. The Bertz CT molecular complexity index is 650. The van der Waals surface area contributed by atoms with E-state index in [4.69, 9.17) is 0 Å². The molecule has 2 unspecified atom stereocenters. The molecular formula is C18H25N3O. The molecule has 4 nitrogen and oxygen atoms in total. The molecule has 2 aliphatic rings. The third-order valence-electron chi connectivity index (χ3n) is 4.90. The van der Waals surface area contributed by atoms with Crippen LogP contribution in [0, 0.1) is 0 Å². The lowest BCUT2D eigenvalue weighted by molar-refractivity contribution is -0.120. The number of hydrogen-bond donors (Lipinski definition) is 2. The van der Waals surface area contributed by atoms with Crippen LogP contribution in [0.3, 0.4) is 0 Å². The van der Waals surface area contributed by atoms with Crippen LogP contribution in [-0.4, -0.2) is 23.5 Å². The average Bonchev–Trinajstić information content (AvgIpc) is 2.89. The summed E-state index contributed by atoms with van der Waals surface area (Å²) in [5, 5.41) is 4.94. The van der Waals surface area contributed by atoms with E-state index in [1.165, 1.54) is 11.1 Å². The number of carbonyl (C=O) groups excluding carboxylic acids is 1. The maximum absolute atomic E-state index is 12.7. The molecular weight excluding hydrogens is 274 g/mol. The highest BCUT2D eigenvalue weighted by Crippen LogP contribution is 2.48. The second-order valence-corrected chi connectivity index (χ2v) is 7.45. The molecule has 0 radical (unpaired) electrons. The molecule has 4 heteroatoms. The van der Waals surface area contributed by atoms with Crippen LogP contribution in [-0.2, 0) is 10.2 Å². The van der Waals surface area contributed by atoms with E-state index in [1.807, 2.05) is 38.4 Å². The third kappa shape index (κ3) is 2.31. The van der Waals surface area contributed by atoms with Crippen molar-refractivity contribution >= 4 is 11.6 Å². The van der Waals surface area contributed by atoms with Gasteiger partial charge in [-0.1, -0.05) is 32.9 Å². The number of nitrogens with zero attached hydrogens (tertiary/aromatic N) is 1. The molecule has 1 aliphatic carbocycles. The van der Waals surface area contributed by atoms with Gasteiger partial charge in [-0.05, 0) is 47.9 Å². The van der Waals surface area contributed by atoms with E-state index in [0.717, 1.165) is 12.1 Å². The number of nitrogens with one attached hydrogen (secondary N) is 2. The Morgan fingerprint density at radius 3 is 2.73 bits per heavy atom. The highest BCUT2D eigenvalue weighted by atomic mass is 16.2. The van der Waals surface area contributed by atoms with Crippen LogP contribution < -0.4 is 10.7 Å². The number of fused-ring (bicyclic) bond motifs is 1. The van der Waals surface area contributed by atoms with Crippen molar-refractivity contribution < 1.29 is 4.79 Å². The van der Waals surface area contributed by atoms with Gasteiger partial charge in [-0.15, -0.1) is 0 Å². The Kier molecular flexibility index (Phi) is 3.33. The van der Waals surface area contributed by atoms with Gasteiger partial charge in [-0.2, -0.15) is 0 Å². The molecule has 22 heavy (non-hydrogen) atoms. The maximum Gasteiger partial charge on any atom is 0.250 e. The monoisotopic (exact) mass is 299 g/mol. The topological polar surface area (TPSA) is 44.4 Å². The van der Waals surface area contributed by atoms with Crippen molar-refractivity contribution in [2.24, 2.45) is 0 Å². The summed E-state index contributed by atoms with van der Waals surface area (Å²) < 4.78 is 0. The zero-order chi connectivity index (χ0) is 16.1. The van der Waals surface area contributed by atoms with Crippen LogP contribution >= 0.6 is 0 Å². The standard InChI is InChI=1S/C18H25N3O/c1-12-11-17(2,3)13-7-6-8-14(15(12)13)19-16(22)18(4)9-10-21(5)20-18/h6-10,12,20H,11H2,1-5H3,(H,19,22). The van der Waals surface area contributed by atoms with Crippen molar-refractivity contribution in [3.05, 3.63) is 41.6 Å². The number of benzene rings is 1. The molecule has 0 saturated heterocycles.